The minimum atomic E-state index is -0.582. The third kappa shape index (κ3) is 6.25. The lowest BCUT2D eigenvalue weighted by molar-refractivity contribution is 0.0521. The van der Waals surface area contributed by atoms with Crippen LogP contribution in [0.1, 0.15) is 32.2 Å². The topological polar surface area (TPSA) is 99.3 Å². The number of nitrogens with one attached hydrogen (secondary N) is 1. The van der Waals surface area contributed by atoms with Crippen molar-refractivity contribution in [3.8, 4) is 17.1 Å². The van der Waals surface area contributed by atoms with Crippen LogP contribution < -0.4 is 10.2 Å². The maximum absolute atomic E-state index is 12.4. The van der Waals surface area contributed by atoms with Crippen LogP contribution in [0.3, 0.4) is 0 Å². The highest BCUT2D eigenvalue weighted by Crippen LogP contribution is 2.30. The van der Waals surface area contributed by atoms with Gasteiger partial charge in [0.1, 0.15) is 16.9 Å². The SMILES string of the molecule is Cc1cccc(-c2ccn(-c3cc(N4CCOCC4)c4nc(CNC(=O)OC(C)(C)C)n(CCBr)c4n3)n2)c1. The predicted octanol–water partition coefficient (Wildman–Crippen LogP) is 4.85. The van der Waals surface area contributed by atoms with E-state index in [1.165, 1.54) is 5.56 Å². The second-order valence-electron chi connectivity index (χ2n) is 10.5. The van der Waals surface area contributed by atoms with E-state index in [1.807, 2.05) is 54.4 Å². The molecule has 0 spiro atoms. The Labute approximate surface area is 236 Å². The number of imidazole rings is 1. The van der Waals surface area contributed by atoms with Crippen molar-refractivity contribution in [3.63, 3.8) is 0 Å². The number of alkyl halides is 1. The van der Waals surface area contributed by atoms with Crippen LogP contribution >= 0.6 is 15.9 Å². The fourth-order valence-electron chi connectivity index (χ4n) is 4.60. The van der Waals surface area contributed by atoms with Gasteiger partial charge < -0.3 is 24.3 Å². The molecule has 4 aromatic rings. The average Bonchev–Trinajstić information content (AvgIpc) is 3.52. The molecule has 1 aliphatic rings. The zero-order chi connectivity index (χ0) is 27.6. The number of ether oxygens (including phenoxy) is 2. The van der Waals surface area contributed by atoms with E-state index >= 15 is 0 Å². The Morgan fingerprint density at radius 1 is 1.15 bits per heavy atom. The molecule has 1 amide bonds. The van der Waals surface area contributed by atoms with Crippen molar-refractivity contribution >= 4 is 38.9 Å². The summed E-state index contributed by atoms with van der Waals surface area (Å²) in [5.41, 5.74) is 5.03. The molecule has 5 rings (SSSR count). The van der Waals surface area contributed by atoms with Gasteiger partial charge in [-0.3, -0.25) is 0 Å². The molecule has 39 heavy (non-hydrogen) atoms. The average molecular weight is 597 g/mol. The molecule has 0 unspecified atom stereocenters. The zero-order valence-electron chi connectivity index (χ0n) is 22.8. The number of alkyl carbamates (subject to hydrolysis) is 1. The van der Waals surface area contributed by atoms with E-state index in [0.717, 1.165) is 41.2 Å². The highest BCUT2D eigenvalue weighted by molar-refractivity contribution is 9.09. The van der Waals surface area contributed by atoms with Crippen LogP contribution in [0.4, 0.5) is 10.5 Å². The molecule has 3 aromatic heterocycles. The summed E-state index contributed by atoms with van der Waals surface area (Å²) in [5.74, 6) is 1.40. The first-order chi connectivity index (χ1) is 18.7. The molecule has 4 heterocycles. The molecular weight excluding hydrogens is 562 g/mol. The van der Waals surface area contributed by atoms with Crippen LogP contribution in [0, 0.1) is 6.92 Å². The number of benzene rings is 1. The summed E-state index contributed by atoms with van der Waals surface area (Å²) < 4.78 is 14.9. The van der Waals surface area contributed by atoms with E-state index in [0.29, 0.717) is 36.7 Å². The number of aryl methyl sites for hydroxylation is 2. The first-order valence-corrected chi connectivity index (χ1v) is 14.2. The van der Waals surface area contributed by atoms with E-state index in [9.17, 15) is 4.79 Å². The maximum Gasteiger partial charge on any atom is 0.408 e. The van der Waals surface area contributed by atoms with Gasteiger partial charge in [0.25, 0.3) is 0 Å². The number of pyridine rings is 1. The highest BCUT2D eigenvalue weighted by Gasteiger charge is 2.23. The Balaban J connectivity index is 1.57. The second kappa shape index (κ2) is 11.4. The summed E-state index contributed by atoms with van der Waals surface area (Å²) in [7, 11) is 0. The van der Waals surface area contributed by atoms with E-state index in [1.54, 1.807) is 0 Å². The smallest absolute Gasteiger partial charge is 0.408 e. The normalized spacial score (nSPS) is 14.1. The van der Waals surface area contributed by atoms with E-state index < -0.39 is 11.7 Å². The lowest BCUT2D eigenvalue weighted by Crippen LogP contribution is -2.36. The van der Waals surface area contributed by atoms with E-state index in [4.69, 9.17) is 24.5 Å². The number of fused-ring (bicyclic) bond motifs is 1. The summed E-state index contributed by atoms with van der Waals surface area (Å²) >= 11 is 3.57. The second-order valence-corrected chi connectivity index (χ2v) is 11.3. The zero-order valence-corrected chi connectivity index (χ0v) is 24.4. The number of anilines is 1. The molecule has 1 N–H and O–H groups in total. The number of amides is 1. The molecule has 10 nitrogen and oxygen atoms in total. The molecule has 0 aliphatic carbocycles. The van der Waals surface area contributed by atoms with Crippen molar-refractivity contribution in [2.24, 2.45) is 0 Å². The van der Waals surface area contributed by atoms with Gasteiger partial charge in [0.2, 0.25) is 0 Å². The van der Waals surface area contributed by atoms with Gasteiger partial charge in [-0.15, -0.1) is 0 Å². The Bertz CT molecular complexity index is 1470. The number of rotatable bonds is 7. The van der Waals surface area contributed by atoms with Crippen molar-refractivity contribution in [2.45, 2.75) is 46.4 Å². The Kier molecular flexibility index (Phi) is 7.90. The first-order valence-electron chi connectivity index (χ1n) is 13.1. The molecule has 0 saturated carbocycles. The number of aromatic nitrogens is 5. The van der Waals surface area contributed by atoms with Gasteiger partial charge in [-0.05, 0) is 39.8 Å². The molecule has 1 fully saturated rings. The largest absolute Gasteiger partial charge is 0.444 e. The fourth-order valence-corrected chi connectivity index (χ4v) is 4.95. The molecule has 206 valence electrons. The van der Waals surface area contributed by atoms with Crippen LogP contribution in [0.25, 0.3) is 28.2 Å². The number of carbonyl (C=O) groups excluding carboxylic acids is 1. The van der Waals surface area contributed by atoms with Crippen molar-refractivity contribution in [3.05, 3.63) is 54.0 Å². The van der Waals surface area contributed by atoms with Gasteiger partial charge in [-0.2, -0.15) is 5.10 Å². The van der Waals surface area contributed by atoms with Crippen molar-refractivity contribution < 1.29 is 14.3 Å². The monoisotopic (exact) mass is 595 g/mol. The minimum absolute atomic E-state index is 0.218. The van der Waals surface area contributed by atoms with Gasteiger partial charge in [-0.1, -0.05) is 39.7 Å². The van der Waals surface area contributed by atoms with Gasteiger partial charge in [-0.25, -0.2) is 19.4 Å². The summed E-state index contributed by atoms with van der Waals surface area (Å²) in [6, 6.07) is 12.3. The first kappa shape index (κ1) is 27.1. The number of hydrogen-bond donors (Lipinski definition) is 1. The van der Waals surface area contributed by atoms with Crippen molar-refractivity contribution in [1.82, 2.24) is 29.6 Å². The molecule has 0 radical (unpaired) electrons. The van der Waals surface area contributed by atoms with Crippen LogP contribution in [0.15, 0.2) is 42.6 Å². The third-order valence-electron chi connectivity index (χ3n) is 6.34. The highest BCUT2D eigenvalue weighted by atomic mass is 79.9. The van der Waals surface area contributed by atoms with E-state index in [2.05, 4.69) is 51.3 Å². The predicted molar refractivity (Wildman–Crippen MR) is 155 cm³/mol. The summed E-state index contributed by atoms with van der Waals surface area (Å²) in [6.07, 6.45) is 1.45. The number of hydrogen-bond acceptors (Lipinski definition) is 7. The number of halogens is 1. The van der Waals surface area contributed by atoms with Crippen LogP contribution in [-0.4, -0.2) is 67.6 Å². The lowest BCUT2D eigenvalue weighted by atomic mass is 10.1. The Morgan fingerprint density at radius 3 is 2.67 bits per heavy atom. The molecule has 11 heteroatoms. The molecule has 0 bridgehead atoms. The molecule has 1 aliphatic heterocycles. The van der Waals surface area contributed by atoms with Crippen LogP contribution in [0.2, 0.25) is 0 Å². The summed E-state index contributed by atoms with van der Waals surface area (Å²) in [6.45, 7) is 11.2. The number of nitrogens with zero attached hydrogens (tertiary/aromatic N) is 6. The lowest BCUT2D eigenvalue weighted by Gasteiger charge is -2.29. The standard InChI is InChI=1S/C28H34BrN7O3/c1-19-6-5-7-20(16-19)21-8-10-36(33-21)23-17-22(34-12-14-38-15-13-34)25-26(32-23)35(11-9-29)24(31-25)18-30-27(37)39-28(2,3)4/h5-8,10,16-17H,9,11-15,18H2,1-4H3,(H,30,37). The maximum atomic E-state index is 12.4. The molecular formula is C28H34BrN7O3. The summed E-state index contributed by atoms with van der Waals surface area (Å²) in [5, 5.41) is 8.41. The van der Waals surface area contributed by atoms with Gasteiger partial charge in [0, 0.05) is 42.8 Å². The van der Waals surface area contributed by atoms with Gasteiger partial charge in [0.05, 0.1) is 31.1 Å². The number of carbonyl (C=O) groups is 1. The molecule has 0 atom stereocenters. The Morgan fingerprint density at radius 2 is 1.95 bits per heavy atom. The van der Waals surface area contributed by atoms with Crippen LogP contribution in [-0.2, 0) is 22.6 Å². The molecule has 1 aromatic carbocycles. The Hall–Kier alpha value is -3.44. The van der Waals surface area contributed by atoms with Gasteiger partial charge >= 0.3 is 6.09 Å². The fraction of sp³-hybridized carbons (Fsp3) is 0.429. The number of morpholine rings is 1. The van der Waals surface area contributed by atoms with E-state index in [-0.39, 0.29) is 6.54 Å². The minimum Gasteiger partial charge on any atom is -0.444 e. The van der Waals surface area contributed by atoms with Crippen LogP contribution in [0.5, 0.6) is 0 Å². The van der Waals surface area contributed by atoms with Crippen molar-refractivity contribution in [2.75, 3.05) is 36.5 Å². The van der Waals surface area contributed by atoms with Gasteiger partial charge in [0.15, 0.2) is 11.5 Å². The third-order valence-corrected chi connectivity index (χ3v) is 6.69. The molecule has 1 saturated heterocycles. The van der Waals surface area contributed by atoms with Crippen molar-refractivity contribution in [1.29, 1.82) is 0 Å². The quantitative estimate of drug-likeness (QED) is 0.305. The summed E-state index contributed by atoms with van der Waals surface area (Å²) in [4.78, 5) is 24.7.